The molecule has 2 fully saturated rings. The lowest BCUT2D eigenvalue weighted by Crippen LogP contribution is -2.50. The van der Waals surface area contributed by atoms with Crippen LogP contribution in [-0.4, -0.2) is 47.2 Å². The predicted molar refractivity (Wildman–Crippen MR) is 91.0 cm³/mol. The maximum Gasteiger partial charge on any atom is 0.255 e. The fourth-order valence-corrected chi connectivity index (χ4v) is 3.35. The van der Waals surface area contributed by atoms with Crippen molar-refractivity contribution in [3.05, 3.63) is 41.5 Å². The van der Waals surface area contributed by atoms with Crippen molar-refractivity contribution in [3.8, 4) is 6.07 Å². The first-order valence-electron chi connectivity index (χ1n) is 8.70. The highest BCUT2D eigenvalue weighted by Gasteiger charge is 2.28. The Bertz CT molecular complexity index is 837. The summed E-state index contributed by atoms with van der Waals surface area (Å²) in [4.78, 5) is 20.6. The van der Waals surface area contributed by atoms with Crippen molar-refractivity contribution in [2.45, 2.75) is 25.5 Å². The number of hydrogen-bond acceptors (Lipinski definition) is 7. The molecule has 0 saturated carbocycles. The van der Waals surface area contributed by atoms with Gasteiger partial charge in [0.25, 0.3) is 5.89 Å². The molecular weight excluding hydrogens is 334 g/mol. The maximum absolute atomic E-state index is 12.6. The quantitative estimate of drug-likeness (QED) is 0.824. The Morgan fingerprint density at radius 1 is 1.31 bits per heavy atom. The van der Waals surface area contributed by atoms with Gasteiger partial charge in [-0.05, 0) is 25.0 Å². The number of benzene rings is 1. The summed E-state index contributed by atoms with van der Waals surface area (Å²) in [5, 5.41) is 13.2. The molecule has 0 radical (unpaired) electrons. The summed E-state index contributed by atoms with van der Waals surface area (Å²) in [5.41, 5.74) is 1.17. The molecule has 2 aliphatic heterocycles. The highest BCUT2D eigenvalue weighted by molar-refractivity contribution is 5.96. The van der Waals surface area contributed by atoms with Crippen molar-refractivity contribution in [3.63, 3.8) is 0 Å². The van der Waals surface area contributed by atoms with Crippen LogP contribution in [-0.2, 0) is 16.1 Å². The topological polar surface area (TPSA) is 95.5 Å². The van der Waals surface area contributed by atoms with E-state index in [4.69, 9.17) is 9.26 Å². The lowest BCUT2D eigenvalue weighted by Gasteiger charge is -2.34. The van der Waals surface area contributed by atoms with Gasteiger partial charge in [0.05, 0.1) is 24.3 Å². The second kappa shape index (κ2) is 7.23. The molecule has 134 valence electrons. The van der Waals surface area contributed by atoms with Crippen LogP contribution >= 0.6 is 0 Å². The van der Waals surface area contributed by atoms with Crippen molar-refractivity contribution in [1.82, 2.24) is 15.0 Å². The number of anilines is 1. The number of amides is 1. The monoisotopic (exact) mass is 353 g/mol. The van der Waals surface area contributed by atoms with E-state index < -0.39 is 0 Å². The second-order valence-electron chi connectivity index (χ2n) is 6.44. The van der Waals surface area contributed by atoms with E-state index in [2.05, 4.69) is 16.2 Å². The fourth-order valence-electron chi connectivity index (χ4n) is 3.35. The molecule has 1 atom stereocenters. The molecule has 0 N–H and O–H groups in total. The highest BCUT2D eigenvalue weighted by atomic mass is 16.5. The van der Waals surface area contributed by atoms with Gasteiger partial charge >= 0.3 is 0 Å². The minimum absolute atomic E-state index is 0.0400. The van der Waals surface area contributed by atoms with Crippen LogP contribution in [0.4, 0.5) is 5.69 Å². The van der Waals surface area contributed by atoms with Gasteiger partial charge in [-0.1, -0.05) is 17.3 Å². The van der Waals surface area contributed by atoms with Crippen LogP contribution in [0.15, 0.2) is 28.8 Å². The number of carbonyl (C=O) groups excluding carboxylic acids is 1. The largest absolute Gasteiger partial charge is 0.368 e. The molecule has 0 unspecified atom stereocenters. The Hall–Kier alpha value is -2.76. The number of nitrogens with zero attached hydrogens (tertiary/aromatic N) is 5. The Labute approximate surface area is 150 Å². The number of rotatable bonds is 4. The van der Waals surface area contributed by atoms with Crippen LogP contribution in [0.1, 0.15) is 36.2 Å². The molecule has 0 aliphatic carbocycles. The Balaban J connectivity index is 1.40. The normalized spacial score (nSPS) is 21.1. The van der Waals surface area contributed by atoms with E-state index in [1.165, 1.54) is 0 Å². The van der Waals surface area contributed by atoms with Crippen LogP contribution < -0.4 is 4.90 Å². The molecule has 1 amide bonds. The molecule has 26 heavy (non-hydrogen) atoms. The summed E-state index contributed by atoms with van der Waals surface area (Å²) >= 11 is 0. The van der Waals surface area contributed by atoms with Gasteiger partial charge < -0.3 is 14.2 Å². The van der Waals surface area contributed by atoms with Gasteiger partial charge in [-0.25, -0.2) is 0 Å². The second-order valence-corrected chi connectivity index (χ2v) is 6.44. The third-order valence-corrected chi connectivity index (χ3v) is 4.67. The average molecular weight is 353 g/mol. The molecule has 1 aromatic heterocycles. The van der Waals surface area contributed by atoms with Crippen molar-refractivity contribution >= 4 is 11.6 Å². The third-order valence-electron chi connectivity index (χ3n) is 4.67. The fraction of sp³-hybridized carbons (Fsp3) is 0.444. The van der Waals surface area contributed by atoms with E-state index in [9.17, 15) is 10.1 Å². The summed E-state index contributed by atoms with van der Waals surface area (Å²) in [5.74, 6) is 1.04. The molecule has 3 heterocycles. The van der Waals surface area contributed by atoms with E-state index >= 15 is 0 Å². The predicted octanol–water partition coefficient (Wildman–Crippen LogP) is 1.64. The molecule has 8 heteroatoms. The summed E-state index contributed by atoms with van der Waals surface area (Å²) in [6.07, 6.45) is 1.80. The number of ether oxygens (including phenoxy) is 1. The minimum atomic E-state index is -0.0998. The lowest BCUT2D eigenvalue weighted by atomic mass is 10.1. The van der Waals surface area contributed by atoms with Crippen LogP contribution in [0.2, 0.25) is 0 Å². The van der Waals surface area contributed by atoms with E-state index in [1.807, 2.05) is 11.0 Å². The zero-order valence-corrected chi connectivity index (χ0v) is 14.3. The van der Waals surface area contributed by atoms with Crippen molar-refractivity contribution < 1.29 is 14.1 Å². The van der Waals surface area contributed by atoms with Crippen LogP contribution in [0, 0.1) is 11.3 Å². The van der Waals surface area contributed by atoms with Gasteiger partial charge in [0.2, 0.25) is 5.91 Å². The molecule has 2 aliphatic rings. The summed E-state index contributed by atoms with van der Waals surface area (Å²) in [6, 6.07) is 9.30. The zero-order chi connectivity index (χ0) is 17.9. The Kier molecular flexibility index (Phi) is 4.65. The van der Waals surface area contributed by atoms with Crippen molar-refractivity contribution in [2.24, 2.45) is 0 Å². The summed E-state index contributed by atoms with van der Waals surface area (Å²) in [7, 11) is 0. The van der Waals surface area contributed by atoms with E-state index in [1.54, 1.807) is 23.1 Å². The number of para-hydroxylation sites is 1. The molecule has 2 aromatic rings. The van der Waals surface area contributed by atoms with Gasteiger partial charge in [-0.3, -0.25) is 9.69 Å². The van der Waals surface area contributed by atoms with Gasteiger partial charge in [-0.15, -0.1) is 0 Å². The molecule has 2 saturated heterocycles. The van der Waals surface area contributed by atoms with Gasteiger partial charge in [-0.2, -0.15) is 10.2 Å². The molecule has 4 rings (SSSR count). The number of nitriles is 1. The average Bonchev–Trinajstić information content (AvgIpc) is 3.33. The van der Waals surface area contributed by atoms with Gasteiger partial charge in [0.15, 0.2) is 5.82 Å². The summed E-state index contributed by atoms with van der Waals surface area (Å²) < 4.78 is 10.8. The minimum Gasteiger partial charge on any atom is -0.368 e. The maximum atomic E-state index is 12.6. The van der Waals surface area contributed by atoms with Gasteiger partial charge in [0.1, 0.15) is 12.2 Å². The molecule has 1 aromatic carbocycles. The SMILES string of the molecule is N#Cc1ccccc1N1CCN(Cc2noc([C@@H]3CCCO3)n2)CC1=O. The molecule has 0 bridgehead atoms. The van der Waals surface area contributed by atoms with E-state index in [-0.39, 0.29) is 18.6 Å². The summed E-state index contributed by atoms with van der Waals surface area (Å²) in [6.45, 7) is 2.63. The number of aromatic nitrogens is 2. The number of hydrogen-bond donors (Lipinski definition) is 0. The van der Waals surface area contributed by atoms with Crippen LogP contribution in [0.5, 0.6) is 0 Å². The van der Waals surface area contributed by atoms with Crippen molar-refractivity contribution in [2.75, 3.05) is 31.1 Å². The first kappa shape index (κ1) is 16.7. The Morgan fingerprint density at radius 2 is 2.19 bits per heavy atom. The van der Waals surface area contributed by atoms with Crippen molar-refractivity contribution in [1.29, 1.82) is 5.26 Å². The first-order valence-corrected chi connectivity index (χ1v) is 8.70. The zero-order valence-electron chi connectivity index (χ0n) is 14.3. The number of piperazine rings is 1. The lowest BCUT2D eigenvalue weighted by molar-refractivity contribution is -0.121. The smallest absolute Gasteiger partial charge is 0.255 e. The van der Waals surface area contributed by atoms with E-state index in [0.717, 1.165) is 19.4 Å². The van der Waals surface area contributed by atoms with Crippen LogP contribution in [0.25, 0.3) is 0 Å². The van der Waals surface area contributed by atoms with E-state index in [0.29, 0.717) is 42.6 Å². The first-order chi connectivity index (χ1) is 12.7. The molecule has 0 spiro atoms. The third kappa shape index (κ3) is 3.31. The van der Waals surface area contributed by atoms with Crippen LogP contribution in [0.3, 0.4) is 0 Å². The number of carbonyl (C=O) groups is 1. The Morgan fingerprint density at radius 3 is 2.96 bits per heavy atom. The molecular formula is C18H19N5O3. The molecule has 8 nitrogen and oxygen atoms in total. The standard InChI is InChI=1S/C18H19N5O3/c19-10-13-4-1-2-5-14(13)23-8-7-22(12-17(23)24)11-16-20-18(26-21-16)15-6-3-9-25-15/h1-2,4-5,15H,3,6-9,11-12H2/t15-/m0/s1. The highest BCUT2D eigenvalue weighted by Crippen LogP contribution is 2.27. The van der Waals surface area contributed by atoms with Gasteiger partial charge in [0, 0.05) is 19.7 Å².